The van der Waals surface area contributed by atoms with Crippen LogP contribution in [0, 0.1) is 0 Å². The maximum atomic E-state index is 13.6. The van der Waals surface area contributed by atoms with Crippen molar-refractivity contribution in [3.63, 3.8) is 0 Å². The Morgan fingerprint density at radius 2 is 0.944 bits per heavy atom. The van der Waals surface area contributed by atoms with Gasteiger partial charge in [0.15, 0.2) is 0 Å². The second kappa shape index (κ2) is 9.42. The molecule has 0 heterocycles. The number of carboxylic acids is 1. The van der Waals surface area contributed by atoms with Crippen LogP contribution in [-0.2, 0) is 14.3 Å². The number of hydrogen-bond acceptors (Lipinski definition) is 3. The Morgan fingerprint density at radius 3 is 1.28 bits per heavy atom. The molecule has 0 aliphatic carbocycles. The molecule has 0 saturated carbocycles. The third-order valence-corrected chi connectivity index (χ3v) is 4.09. The molecule has 0 aromatic heterocycles. The van der Waals surface area contributed by atoms with Crippen molar-refractivity contribution in [2.45, 2.75) is 60.5 Å². The number of carboxylic acid groups (broad SMARTS) is 1. The summed E-state index contributed by atoms with van der Waals surface area (Å²) in [6.45, 7) is 0.531. The zero-order chi connectivity index (χ0) is 29.6. The number of aliphatic carboxylic acids is 1. The fourth-order valence-electron chi connectivity index (χ4n) is 1.98. The number of halogens is 17. The first-order valence-electron chi connectivity index (χ1n) is 8.25. The van der Waals surface area contributed by atoms with Gasteiger partial charge in [-0.3, -0.25) is 4.79 Å². The predicted octanol–water partition coefficient (Wildman–Crippen LogP) is 5.96. The highest BCUT2D eigenvalue weighted by atomic mass is 19.4. The van der Waals surface area contributed by atoms with Crippen LogP contribution in [0.2, 0.25) is 0 Å². The molecule has 0 aromatic rings. The van der Waals surface area contributed by atoms with E-state index >= 15 is 0 Å². The highest BCUT2D eigenvalue weighted by molar-refractivity contribution is 5.92. The maximum absolute atomic E-state index is 13.6. The van der Waals surface area contributed by atoms with Crippen molar-refractivity contribution in [1.82, 2.24) is 0 Å². The number of alkyl halides is 17. The Hall–Kier alpha value is -2.51. The molecule has 0 aliphatic heterocycles. The summed E-state index contributed by atoms with van der Waals surface area (Å²) in [5.74, 6) is -61.1. The summed E-state index contributed by atoms with van der Waals surface area (Å²) < 4.78 is 226. The van der Waals surface area contributed by atoms with E-state index in [4.69, 9.17) is 5.11 Å². The molecule has 4 nitrogen and oxygen atoms in total. The van der Waals surface area contributed by atoms with Crippen LogP contribution < -0.4 is 0 Å². The first kappa shape index (κ1) is 33.5. The molecule has 0 unspecified atom stereocenters. The van der Waals surface area contributed by atoms with Gasteiger partial charge in [-0.1, -0.05) is 6.58 Å². The van der Waals surface area contributed by atoms with Gasteiger partial charge in [-0.2, -0.15) is 74.6 Å². The fourth-order valence-corrected chi connectivity index (χ4v) is 1.98. The summed E-state index contributed by atoms with van der Waals surface area (Å²) in [4.78, 5) is 21.4. The Labute approximate surface area is 186 Å². The minimum atomic E-state index is -8.73. The molecule has 21 heteroatoms. The van der Waals surface area contributed by atoms with Crippen LogP contribution in [-0.4, -0.2) is 71.3 Å². The monoisotopic (exact) mass is 576 g/mol. The quantitative estimate of drug-likeness (QED) is 0.177. The van der Waals surface area contributed by atoms with E-state index in [1.54, 1.807) is 0 Å². The van der Waals surface area contributed by atoms with Crippen molar-refractivity contribution in [2.24, 2.45) is 0 Å². The lowest BCUT2D eigenvalue weighted by molar-refractivity contribution is -0.461. The molecule has 0 aromatic carbocycles. The molecule has 1 N–H and O–H groups in total. The van der Waals surface area contributed by atoms with Gasteiger partial charge in [0, 0.05) is 5.57 Å². The minimum absolute atomic E-state index is 1.07. The van der Waals surface area contributed by atoms with Crippen molar-refractivity contribution in [3.8, 4) is 0 Å². The van der Waals surface area contributed by atoms with E-state index in [1.165, 1.54) is 0 Å². The van der Waals surface area contributed by atoms with Crippen molar-refractivity contribution in [3.05, 3.63) is 12.2 Å². The maximum Gasteiger partial charge on any atom is 0.460 e. The Morgan fingerprint density at radius 1 is 0.611 bits per heavy atom. The molecular weight excluding hydrogens is 567 g/mol. The summed E-state index contributed by atoms with van der Waals surface area (Å²) in [5, 5.41) is 8.31. The van der Waals surface area contributed by atoms with Gasteiger partial charge in [-0.05, 0) is 0 Å². The van der Waals surface area contributed by atoms with Gasteiger partial charge in [-0.25, -0.2) is 4.79 Å². The number of ether oxygens (including phenoxy) is 1. The molecule has 0 saturated heterocycles. The Kier molecular flexibility index (Phi) is 8.76. The van der Waals surface area contributed by atoms with E-state index in [2.05, 4.69) is 11.3 Å². The molecule has 36 heavy (non-hydrogen) atoms. The van der Waals surface area contributed by atoms with Crippen LogP contribution in [0.15, 0.2) is 12.2 Å². The summed E-state index contributed by atoms with van der Waals surface area (Å²) in [6, 6.07) is 0. The second-order valence-electron chi connectivity index (χ2n) is 6.71. The molecule has 0 atom stereocenters. The van der Waals surface area contributed by atoms with Gasteiger partial charge in [0.05, 0.1) is 19.4 Å². The standard InChI is InChI=1S/C15H9F17O4/c1-5(4-6(33)34)7(35)36-3-2-8(16,17)9(18,19)10(20,21)11(22,23)12(24,25)13(26,27)14(28,29)15(30,31)32/h1-4H2,(H,33,34). The van der Waals surface area contributed by atoms with E-state index in [1.807, 2.05) is 0 Å². The summed E-state index contributed by atoms with van der Waals surface area (Å²) >= 11 is 0. The average molecular weight is 576 g/mol. The van der Waals surface area contributed by atoms with Gasteiger partial charge in [-0.15, -0.1) is 0 Å². The molecule has 0 fully saturated rings. The van der Waals surface area contributed by atoms with Crippen molar-refractivity contribution in [2.75, 3.05) is 6.61 Å². The molecule has 0 amide bonds. The van der Waals surface area contributed by atoms with Gasteiger partial charge in [0.25, 0.3) is 0 Å². The van der Waals surface area contributed by atoms with E-state index in [0.717, 1.165) is 0 Å². The van der Waals surface area contributed by atoms with Crippen LogP contribution in [0.25, 0.3) is 0 Å². The molecule has 212 valence electrons. The first-order valence-corrected chi connectivity index (χ1v) is 8.25. The molecular formula is C15H9F17O4. The van der Waals surface area contributed by atoms with E-state index in [-0.39, 0.29) is 0 Å². The molecule has 0 aliphatic rings. The molecule has 0 radical (unpaired) electrons. The summed E-state index contributed by atoms with van der Waals surface area (Å²) in [5.41, 5.74) is -1.07. The fraction of sp³-hybridized carbons (Fsp3) is 0.733. The van der Waals surface area contributed by atoms with Gasteiger partial charge < -0.3 is 9.84 Å². The highest BCUT2D eigenvalue weighted by Gasteiger charge is 2.95. The Bertz CT molecular complexity index is 859. The topological polar surface area (TPSA) is 63.6 Å². The average Bonchev–Trinajstić information content (AvgIpc) is 2.65. The Balaban J connectivity index is 6.18. The number of rotatable bonds is 12. The van der Waals surface area contributed by atoms with Gasteiger partial charge >= 0.3 is 59.6 Å². The third kappa shape index (κ3) is 5.14. The third-order valence-electron chi connectivity index (χ3n) is 4.09. The van der Waals surface area contributed by atoms with Crippen molar-refractivity contribution in [1.29, 1.82) is 0 Å². The van der Waals surface area contributed by atoms with E-state index in [0.29, 0.717) is 0 Å². The minimum Gasteiger partial charge on any atom is -0.481 e. The van der Waals surface area contributed by atoms with E-state index < -0.39 is 84.6 Å². The summed E-state index contributed by atoms with van der Waals surface area (Å²) in [6.07, 6.45) is -12.1. The lowest BCUT2D eigenvalue weighted by Gasteiger charge is -2.42. The van der Waals surface area contributed by atoms with Crippen LogP contribution in [0.3, 0.4) is 0 Å². The van der Waals surface area contributed by atoms with Gasteiger partial charge in [0.1, 0.15) is 0 Å². The van der Waals surface area contributed by atoms with Crippen LogP contribution in [0.1, 0.15) is 12.8 Å². The van der Waals surface area contributed by atoms with E-state index in [9.17, 15) is 84.2 Å². The van der Waals surface area contributed by atoms with Crippen LogP contribution >= 0.6 is 0 Å². The first-order chi connectivity index (χ1) is 15.5. The van der Waals surface area contributed by atoms with Crippen molar-refractivity contribution < 1.29 is 94.1 Å². The van der Waals surface area contributed by atoms with Crippen LogP contribution in [0.4, 0.5) is 74.6 Å². The second-order valence-corrected chi connectivity index (χ2v) is 6.71. The van der Waals surface area contributed by atoms with Gasteiger partial charge in [0.2, 0.25) is 0 Å². The molecule has 0 spiro atoms. The SMILES string of the molecule is C=C(CC(=O)O)C(=O)OCCC(F)(F)C(F)(F)C(F)(F)C(F)(F)C(F)(F)C(F)(F)C(F)(F)C(F)(F)F. The number of carbonyl (C=O) groups is 2. The smallest absolute Gasteiger partial charge is 0.460 e. The lowest BCUT2D eigenvalue weighted by Crippen LogP contribution is -2.74. The number of carbonyl (C=O) groups excluding carboxylic acids is 1. The largest absolute Gasteiger partial charge is 0.481 e. The lowest BCUT2D eigenvalue weighted by atomic mass is 9.88. The highest BCUT2D eigenvalue weighted by Crippen LogP contribution is 2.64. The molecule has 0 rings (SSSR count). The zero-order valence-corrected chi connectivity index (χ0v) is 16.4. The predicted molar refractivity (Wildman–Crippen MR) is 77.7 cm³/mol. The number of esters is 1. The van der Waals surface area contributed by atoms with Crippen molar-refractivity contribution >= 4 is 11.9 Å². The normalized spacial score (nSPS) is 15.0. The van der Waals surface area contributed by atoms with Crippen LogP contribution in [0.5, 0.6) is 0 Å². The summed E-state index contributed by atoms with van der Waals surface area (Å²) in [7, 11) is 0. The molecule has 0 bridgehead atoms. The number of hydrogen-bond donors (Lipinski definition) is 1. The zero-order valence-electron chi connectivity index (χ0n) is 16.4.